The van der Waals surface area contributed by atoms with Crippen LogP contribution in [0.4, 0.5) is 0 Å². The topological polar surface area (TPSA) is 53.4 Å². The summed E-state index contributed by atoms with van der Waals surface area (Å²) in [4.78, 5) is 16.9. The molecule has 2 aromatic carbocycles. The van der Waals surface area contributed by atoms with Crippen LogP contribution >= 0.6 is 11.8 Å². The summed E-state index contributed by atoms with van der Waals surface area (Å²) in [6, 6.07) is 13.4. The fraction of sp³-hybridized carbons (Fsp3) is 0.200. The minimum absolute atomic E-state index is 0.0916. The fourth-order valence-electron chi connectivity index (χ4n) is 2.91. The first-order valence-electron chi connectivity index (χ1n) is 8.34. The minimum Gasteiger partial charge on any atom is -0.497 e. The molecule has 2 heterocycles. The van der Waals surface area contributed by atoms with Crippen LogP contribution in [-0.4, -0.2) is 34.8 Å². The first kappa shape index (κ1) is 16.7. The Labute approximate surface area is 156 Å². The lowest BCUT2D eigenvalue weighted by Crippen LogP contribution is -2.04. The van der Waals surface area contributed by atoms with E-state index in [1.807, 2.05) is 53.2 Å². The summed E-state index contributed by atoms with van der Waals surface area (Å²) in [5, 5.41) is 0.785. The first-order valence-corrected chi connectivity index (χ1v) is 9.32. The van der Waals surface area contributed by atoms with Crippen molar-refractivity contribution in [3.8, 4) is 17.2 Å². The normalized spacial score (nSPS) is 12.5. The molecule has 1 aliphatic rings. The Balaban J connectivity index is 1.46. The third-order valence-corrected chi connectivity index (χ3v) is 5.27. The van der Waals surface area contributed by atoms with Gasteiger partial charge in [0.25, 0.3) is 0 Å². The molecular formula is C20H18N2O3S. The van der Waals surface area contributed by atoms with Gasteiger partial charge in [-0.2, -0.15) is 0 Å². The van der Waals surface area contributed by atoms with Crippen LogP contribution in [0, 0.1) is 0 Å². The van der Waals surface area contributed by atoms with Crippen LogP contribution in [0.5, 0.6) is 11.5 Å². The Morgan fingerprint density at radius 1 is 1.27 bits per heavy atom. The Morgan fingerprint density at radius 3 is 2.92 bits per heavy atom. The molecule has 0 aliphatic carbocycles. The molecule has 0 atom stereocenters. The summed E-state index contributed by atoms with van der Waals surface area (Å²) in [6.45, 7) is 0.695. The zero-order chi connectivity index (χ0) is 17.9. The SMILES string of the molecule is COc1ccc(-n2ccnc2SCC(=O)c2ccc3c(c2)CCO3)cc1. The number of imidazole rings is 1. The average molecular weight is 366 g/mol. The molecule has 0 amide bonds. The third kappa shape index (κ3) is 3.32. The predicted molar refractivity (Wildman–Crippen MR) is 101 cm³/mol. The highest BCUT2D eigenvalue weighted by Crippen LogP contribution is 2.27. The van der Waals surface area contributed by atoms with Gasteiger partial charge < -0.3 is 9.47 Å². The van der Waals surface area contributed by atoms with Crippen molar-refractivity contribution in [1.29, 1.82) is 0 Å². The van der Waals surface area contributed by atoms with Gasteiger partial charge in [-0.1, -0.05) is 11.8 Å². The second-order valence-corrected chi connectivity index (χ2v) is 6.85. The number of hydrogen-bond donors (Lipinski definition) is 0. The predicted octanol–water partition coefficient (Wildman–Crippen LogP) is 3.79. The molecule has 1 aromatic heterocycles. The van der Waals surface area contributed by atoms with Gasteiger partial charge in [-0.15, -0.1) is 0 Å². The zero-order valence-corrected chi connectivity index (χ0v) is 15.2. The number of methoxy groups -OCH3 is 1. The molecule has 4 rings (SSSR count). The van der Waals surface area contributed by atoms with Crippen molar-refractivity contribution in [3.05, 3.63) is 66.0 Å². The van der Waals surface area contributed by atoms with E-state index in [1.165, 1.54) is 11.8 Å². The van der Waals surface area contributed by atoms with Crippen LogP contribution in [-0.2, 0) is 6.42 Å². The van der Waals surface area contributed by atoms with Crippen molar-refractivity contribution >= 4 is 17.5 Å². The molecule has 0 unspecified atom stereocenters. The molecule has 0 N–H and O–H groups in total. The smallest absolute Gasteiger partial charge is 0.173 e. The highest BCUT2D eigenvalue weighted by Gasteiger charge is 2.16. The molecule has 0 bridgehead atoms. The quantitative estimate of drug-likeness (QED) is 0.491. The van der Waals surface area contributed by atoms with Gasteiger partial charge in [0.1, 0.15) is 11.5 Å². The van der Waals surface area contributed by atoms with Gasteiger partial charge in [0.2, 0.25) is 0 Å². The first-order chi connectivity index (χ1) is 12.7. The molecule has 5 nitrogen and oxygen atoms in total. The van der Waals surface area contributed by atoms with Crippen molar-refractivity contribution in [3.63, 3.8) is 0 Å². The van der Waals surface area contributed by atoms with Gasteiger partial charge in [-0.25, -0.2) is 4.98 Å². The summed E-state index contributed by atoms with van der Waals surface area (Å²) in [5.41, 5.74) is 2.82. The van der Waals surface area contributed by atoms with Crippen LogP contribution in [0.15, 0.2) is 60.0 Å². The van der Waals surface area contributed by atoms with Gasteiger partial charge in [0.05, 0.1) is 19.5 Å². The van der Waals surface area contributed by atoms with E-state index in [2.05, 4.69) is 4.98 Å². The van der Waals surface area contributed by atoms with E-state index in [0.717, 1.165) is 39.9 Å². The van der Waals surface area contributed by atoms with Gasteiger partial charge in [0, 0.05) is 30.1 Å². The lowest BCUT2D eigenvalue weighted by molar-refractivity contribution is 0.102. The van der Waals surface area contributed by atoms with E-state index < -0.39 is 0 Å². The molecule has 0 fully saturated rings. The number of Topliss-reactive ketones (excluding diaryl/α,β-unsaturated/α-hetero) is 1. The highest BCUT2D eigenvalue weighted by atomic mass is 32.2. The van der Waals surface area contributed by atoms with Crippen LogP contribution in [0.1, 0.15) is 15.9 Å². The number of ether oxygens (including phenoxy) is 2. The number of fused-ring (bicyclic) bond motifs is 1. The molecule has 26 heavy (non-hydrogen) atoms. The molecule has 0 spiro atoms. The molecule has 0 saturated heterocycles. The minimum atomic E-state index is 0.0916. The standard InChI is InChI=1S/C20H18N2O3S/c1-24-17-5-3-16(4-6-17)22-10-9-21-20(22)26-13-18(23)14-2-7-19-15(12-14)8-11-25-19/h2-7,9-10,12H,8,11,13H2,1H3. The number of nitrogens with zero attached hydrogens (tertiary/aromatic N) is 2. The number of rotatable bonds is 6. The van der Waals surface area contributed by atoms with Crippen molar-refractivity contribution in [2.24, 2.45) is 0 Å². The van der Waals surface area contributed by atoms with Crippen LogP contribution in [0.2, 0.25) is 0 Å². The number of benzene rings is 2. The van der Waals surface area contributed by atoms with Crippen molar-refractivity contribution in [1.82, 2.24) is 9.55 Å². The molecule has 6 heteroatoms. The molecule has 0 saturated carbocycles. The lowest BCUT2D eigenvalue weighted by atomic mass is 10.1. The number of hydrogen-bond acceptors (Lipinski definition) is 5. The van der Waals surface area contributed by atoms with Crippen LogP contribution in [0.25, 0.3) is 5.69 Å². The number of ketones is 1. The van der Waals surface area contributed by atoms with Gasteiger partial charge >= 0.3 is 0 Å². The molecule has 1 aliphatic heterocycles. The van der Waals surface area contributed by atoms with E-state index in [-0.39, 0.29) is 5.78 Å². The molecular weight excluding hydrogens is 348 g/mol. The maximum atomic E-state index is 12.6. The largest absolute Gasteiger partial charge is 0.497 e. The lowest BCUT2D eigenvalue weighted by Gasteiger charge is -2.08. The molecule has 3 aromatic rings. The average Bonchev–Trinajstić information content (AvgIpc) is 3.34. The summed E-state index contributed by atoms with van der Waals surface area (Å²) in [5.74, 6) is 2.13. The zero-order valence-electron chi connectivity index (χ0n) is 14.3. The monoisotopic (exact) mass is 366 g/mol. The third-order valence-electron chi connectivity index (χ3n) is 4.30. The molecule has 0 radical (unpaired) electrons. The maximum absolute atomic E-state index is 12.6. The number of carbonyl (C=O) groups is 1. The summed E-state index contributed by atoms with van der Waals surface area (Å²) in [7, 11) is 1.64. The van der Waals surface area contributed by atoms with Crippen molar-refractivity contribution in [2.75, 3.05) is 19.5 Å². The van der Waals surface area contributed by atoms with Crippen LogP contribution < -0.4 is 9.47 Å². The van der Waals surface area contributed by atoms with E-state index in [0.29, 0.717) is 12.4 Å². The second kappa shape index (κ2) is 7.25. The van der Waals surface area contributed by atoms with Gasteiger partial charge in [-0.3, -0.25) is 9.36 Å². The Hall–Kier alpha value is -2.73. The Morgan fingerprint density at radius 2 is 2.12 bits per heavy atom. The summed E-state index contributed by atoms with van der Waals surface area (Å²) in [6.07, 6.45) is 4.50. The fourth-order valence-corrected chi connectivity index (χ4v) is 3.78. The highest BCUT2D eigenvalue weighted by molar-refractivity contribution is 7.99. The van der Waals surface area contributed by atoms with E-state index in [9.17, 15) is 4.79 Å². The number of thioether (sulfide) groups is 1. The van der Waals surface area contributed by atoms with Crippen LogP contribution in [0.3, 0.4) is 0 Å². The van der Waals surface area contributed by atoms with Crippen molar-refractivity contribution < 1.29 is 14.3 Å². The summed E-state index contributed by atoms with van der Waals surface area (Å²) < 4.78 is 12.7. The van der Waals surface area contributed by atoms with Crippen molar-refractivity contribution in [2.45, 2.75) is 11.6 Å². The van der Waals surface area contributed by atoms with E-state index >= 15 is 0 Å². The number of aromatic nitrogens is 2. The Kier molecular flexibility index (Phi) is 4.67. The van der Waals surface area contributed by atoms with Gasteiger partial charge in [-0.05, 0) is 48.0 Å². The second-order valence-electron chi connectivity index (χ2n) is 5.91. The Bertz CT molecular complexity index is 934. The number of carbonyl (C=O) groups excluding carboxylic acids is 1. The van der Waals surface area contributed by atoms with Gasteiger partial charge in [0.15, 0.2) is 10.9 Å². The molecule has 132 valence electrons. The maximum Gasteiger partial charge on any atom is 0.173 e. The van der Waals surface area contributed by atoms with E-state index in [4.69, 9.17) is 9.47 Å². The van der Waals surface area contributed by atoms with E-state index in [1.54, 1.807) is 13.3 Å². The summed E-state index contributed by atoms with van der Waals surface area (Å²) >= 11 is 1.43.